The van der Waals surface area contributed by atoms with Gasteiger partial charge < -0.3 is 5.32 Å². The number of aromatic nitrogens is 2. The van der Waals surface area contributed by atoms with Gasteiger partial charge in [-0.3, -0.25) is 14.2 Å². The van der Waals surface area contributed by atoms with Crippen LogP contribution in [0.25, 0.3) is 0 Å². The third kappa shape index (κ3) is 2.22. The van der Waals surface area contributed by atoms with Crippen molar-refractivity contribution < 1.29 is 4.79 Å². The van der Waals surface area contributed by atoms with Crippen molar-refractivity contribution in [3.05, 3.63) is 22.6 Å². The van der Waals surface area contributed by atoms with Crippen LogP contribution in [0.3, 0.4) is 0 Å². The molecule has 2 aliphatic rings. The summed E-state index contributed by atoms with van der Waals surface area (Å²) in [7, 11) is 0. The van der Waals surface area contributed by atoms with Gasteiger partial charge in [0, 0.05) is 30.5 Å². The van der Waals surface area contributed by atoms with Crippen molar-refractivity contribution in [2.75, 3.05) is 5.75 Å². The van der Waals surface area contributed by atoms with E-state index in [9.17, 15) is 9.59 Å². The summed E-state index contributed by atoms with van der Waals surface area (Å²) in [5.41, 5.74) is -0.0655. The van der Waals surface area contributed by atoms with Gasteiger partial charge in [-0.15, -0.1) is 0 Å². The van der Waals surface area contributed by atoms with E-state index in [0.29, 0.717) is 12.5 Å². The third-order valence-electron chi connectivity index (χ3n) is 2.98. The third-order valence-corrected chi connectivity index (χ3v) is 4.09. The predicted molar refractivity (Wildman–Crippen MR) is 64.0 cm³/mol. The van der Waals surface area contributed by atoms with Gasteiger partial charge in [0.05, 0.1) is 6.04 Å². The van der Waals surface area contributed by atoms with Crippen molar-refractivity contribution >= 4 is 17.7 Å². The first kappa shape index (κ1) is 10.8. The lowest BCUT2D eigenvalue weighted by molar-refractivity contribution is -0.121. The number of nitrogens with zero attached hydrogens (tertiary/aromatic N) is 2. The van der Waals surface area contributed by atoms with Crippen LogP contribution in [0.5, 0.6) is 0 Å². The van der Waals surface area contributed by atoms with Crippen molar-refractivity contribution in [1.82, 2.24) is 14.9 Å². The molecule has 1 aromatic rings. The molecule has 1 fully saturated rings. The highest BCUT2D eigenvalue weighted by Gasteiger charge is 2.29. The van der Waals surface area contributed by atoms with E-state index in [-0.39, 0.29) is 17.5 Å². The van der Waals surface area contributed by atoms with Crippen LogP contribution in [0.4, 0.5) is 0 Å². The first-order valence-corrected chi connectivity index (χ1v) is 6.72. The molecule has 0 spiro atoms. The maximum absolute atomic E-state index is 11.7. The fraction of sp³-hybridized carbons (Fsp3) is 0.545. The summed E-state index contributed by atoms with van der Waals surface area (Å²) in [6.07, 6.45) is 4.07. The Morgan fingerprint density at radius 1 is 1.59 bits per heavy atom. The van der Waals surface area contributed by atoms with E-state index in [2.05, 4.69) is 10.3 Å². The van der Waals surface area contributed by atoms with Gasteiger partial charge in [-0.2, -0.15) is 0 Å². The minimum absolute atomic E-state index is 0.0432. The van der Waals surface area contributed by atoms with Crippen molar-refractivity contribution in [1.29, 1.82) is 0 Å². The number of rotatable bonds is 3. The minimum Gasteiger partial charge on any atom is -0.353 e. The van der Waals surface area contributed by atoms with Gasteiger partial charge >= 0.3 is 0 Å². The first-order chi connectivity index (χ1) is 8.24. The molecule has 3 rings (SSSR count). The van der Waals surface area contributed by atoms with E-state index in [1.165, 1.54) is 24.0 Å². The van der Waals surface area contributed by atoms with E-state index in [0.717, 1.165) is 23.8 Å². The Bertz CT molecular complexity index is 510. The zero-order chi connectivity index (χ0) is 11.8. The summed E-state index contributed by atoms with van der Waals surface area (Å²) >= 11 is 1.54. The van der Waals surface area contributed by atoms with Crippen LogP contribution in [0, 0.1) is 0 Å². The van der Waals surface area contributed by atoms with Gasteiger partial charge in [0.1, 0.15) is 0 Å². The van der Waals surface area contributed by atoms with E-state index >= 15 is 0 Å². The van der Waals surface area contributed by atoms with Gasteiger partial charge in [-0.1, -0.05) is 11.8 Å². The van der Waals surface area contributed by atoms with Crippen LogP contribution in [0.15, 0.2) is 22.2 Å². The summed E-state index contributed by atoms with van der Waals surface area (Å²) in [4.78, 5) is 27.6. The summed E-state index contributed by atoms with van der Waals surface area (Å²) < 4.78 is 1.64. The molecule has 1 aliphatic carbocycles. The predicted octanol–water partition coefficient (Wildman–Crippen LogP) is 0.559. The highest BCUT2D eigenvalue weighted by atomic mass is 32.2. The molecule has 1 saturated carbocycles. The van der Waals surface area contributed by atoms with E-state index < -0.39 is 0 Å². The highest BCUT2D eigenvalue weighted by Crippen LogP contribution is 2.31. The Morgan fingerprint density at radius 3 is 3.18 bits per heavy atom. The summed E-state index contributed by atoms with van der Waals surface area (Å²) in [5.74, 6) is 0.798. The molecule has 0 saturated heterocycles. The number of fused-ring (bicyclic) bond motifs is 1. The van der Waals surface area contributed by atoms with Crippen molar-refractivity contribution in [3.63, 3.8) is 0 Å². The van der Waals surface area contributed by atoms with Crippen molar-refractivity contribution in [2.24, 2.45) is 0 Å². The van der Waals surface area contributed by atoms with Gasteiger partial charge in [-0.05, 0) is 12.8 Å². The van der Waals surface area contributed by atoms with Gasteiger partial charge in [0.2, 0.25) is 5.91 Å². The number of carbonyl (C=O) groups is 1. The SMILES string of the molecule is O=C(CC1CSc2nccc(=O)n21)NC1CC1. The van der Waals surface area contributed by atoms with Crippen molar-refractivity contribution in [2.45, 2.75) is 36.5 Å². The standard InChI is InChI=1S/C11H13N3O2S/c15-9(13-7-1-2-7)5-8-6-17-11-12-4-3-10(16)14(8)11/h3-4,7-8H,1-2,5-6H2,(H,13,15). The summed E-state index contributed by atoms with van der Waals surface area (Å²) in [6, 6.07) is 1.78. The maximum Gasteiger partial charge on any atom is 0.254 e. The average molecular weight is 251 g/mol. The quantitative estimate of drug-likeness (QED) is 0.797. The van der Waals surface area contributed by atoms with Crippen LogP contribution >= 0.6 is 11.8 Å². The molecule has 1 amide bonds. The fourth-order valence-electron chi connectivity index (χ4n) is 1.97. The van der Waals surface area contributed by atoms with E-state index in [1.807, 2.05) is 0 Å². The van der Waals surface area contributed by atoms with Gasteiger partial charge in [-0.25, -0.2) is 4.98 Å². The Morgan fingerprint density at radius 2 is 2.41 bits per heavy atom. The minimum atomic E-state index is -0.0655. The molecule has 1 aliphatic heterocycles. The molecule has 17 heavy (non-hydrogen) atoms. The molecule has 0 bridgehead atoms. The molecular weight excluding hydrogens is 238 g/mol. The average Bonchev–Trinajstić information content (AvgIpc) is 3.00. The second-order valence-electron chi connectivity index (χ2n) is 4.45. The van der Waals surface area contributed by atoms with Crippen LogP contribution in [-0.2, 0) is 4.79 Å². The van der Waals surface area contributed by atoms with Crippen LogP contribution in [0.2, 0.25) is 0 Å². The largest absolute Gasteiger partial charge is 0.353 e. The van der Waals surface area contributed by atoms with E-state index in [1.54, 1.807) is 4.57 Å². The molecule has 0 radical (unpaired) electrons. The molecule has 0 aromatic carbocycles. The van der Waals surface area contributed by atoms with E-state index in [4.69, 9.17) is 0 Å². The number of hydrogen-bond acceptors (Lipinski definition) is 4. The lowest BCUT2D eigenvalue weighted by Gasteiger charge is -2.12. The zero-order valence-electron chi connectivity index (χ0n) is 9.26. The summed E-state index contributed by atoms with van der Waals surface area (Å²) in [6.45, 7) is 0. The normalized spacial score (nSPS) is 22.2. The Kier molecular flexibility index (Phi) is 2.66. The van der Waals surface area contributed by atoms with Crippen LogP contribution < -0.4 is 10.9 Å². The van der Waals surface area contributed by atoms with Gasteiger partial charge in [0.25, 0.3) is 5.56 Å². The monoisotopic (exact) mass is 251 g/mol. The second-order valence-corrected chi connectivity index (χ2v) is 5.43. The first-order valence-electron chi connectivity index (χ1n) is 5.74. The number of amides is 1. The molecule has 1 atom stereocenters. The number of nitrogens with one attached hydrogen (secondary N) is 1. The zero-order valence-corrected chi connectivity index (χ0v) is 10.1. The Balaban J connectivity index is 1.74. The second kappa shape index (κ2) is 4.18. The van der Waals surface area contributed by atoms with Crippen LogP contribution in [-0.4, -0.2) is 27.3 Å². The molecule has 1 aromatic heterocycles. The topological polar surface area (TPSA) is 64.0 Å². The number of carbonyl (C=O) groups excluding carboxylic acids is 1. The molecule has 2 heterocycles. The number of hydrogen-bond donors (Lipinski definition) is 1. The Hall–Kier alpha value is -1.30. The smallest absolute Gasteiger partial charge is 0.254 e. The van der Waals surface area contributed by atoms with Crippen molar-refractivity contribution in [3.8, 4) is 0 Å². The summed E-state index contributed by atoms with van der Waals surface area (Å²) in [5, 5.41) is 3.67. The maximum atomic E-state index is 11.7. The highest BCUT2D eigenvalue weighted by molar-refractivity contribution is 7.99. The molecule has 5 nitrogen and oxygen atoms in total. The van der Waals surface area contributed by atoms with Crippen LogP contribution in [0.1, 0.15) is 25.3 Å². The molecular formula is C11H13N3O2S. The molecule has 6 heteroatoms. The molecule has 90 valence electrons. The lowest BCUT2D eigenvalue weighted by Crippen LogP contribution is -2.31. The van der Waals surface area contributed by atoms with Gasteiger partial charge in [0.15, 0.2) is 5.16 Å². The fourth-order valence-corrected chi connectivity index (χ4v) is 3.09. The lowest BCUT2D eigenvalue weighted by atomic mass is 10.2. The molecule has 1 N–H and O–H groups in total. The number of thioether (sulfide) groups is 1. The molecule has 1 unspecified atom stereocenters. The Labute approximate surface area is 103 Å².